The van der Waals surface area contributed by atoms with Crippen LogP contribution in [0.5, 0.6) is 0 Å². The molecule has 1 aromatic rings. The first-order valence-electron chi connectivity index (χ1n) is 9.31. The van der Waals surface area contributed by atoms with Crippen molar-refractivity contribution in [2.75, 3.05) is 55.6 Å². The summed E-state index contributed by atoms with van der Waals surface area (Å²) in [7, 11) is 0. The summed E-state index contributed by atoms with van der Waals surface area (Å²) < 4.78 is 14.6. The van der Waals surface area contributed by atoms with Crippen molar-refractivity contribution in [3.05, 3.63) is 28.1 Å². The van der Waals surface area contributed by atoms with Crippen LogP contribution in [-0.4, -0.2) is 50.7 Å². The zero-order chi connectivity index (χ0) is 18.0. The number of piperazine rings is 1. The van der Waals surface area contributed by atoms with Crippen molar-refractivity contribution < 1.29 is 14.2 Å². The number of hydrogen-bond donors (Lipinski definition) is 1. The van der Waals surface area contributed by atoms with Crippen LogP contribution in [0.2, 0.25) is 0 Å². The lowest BCUT2D eigenvalue weighted by Crippen LogP contribution is -3.14. The first-order valence-corrected chi connectivity index (χ1v) is 9.31. The van der Waals surface area contributed by atoms with Gasteiger partial charge in [-0.3, -0.25) is 10.1 Å². The van der Waals surface area contributed by atoms with Crippen molar-refractivity contribution in [2.45, 2.75) is 26.7 Å². The highest BCUT2D eigenvalue weighted by Gasteiger charge is 2.28. The first kappa shape index (κ1) is 17.9. The summed E-state index contributed by atoms with van der Waals surface area (Å²) in [6.45, 7) is 10.6. The molecule has 7 heteroatoms. The van der Waals surface area contributed by atoms with Gasteiger partial charge in [-0.05, 0) is 31.7 Å². The van der Waals surface area contributed by atoms with Gasteiger partial charge in [0.1, 0.15) is 5.69 Å². The standard InChI is InChI=1S/C18H27FN4O2/c1-3-20-8-10-22(11-9-20)16-13-17(18(23(24)25)12-15(16)19)21-6-4-14(2)5-7-21/h12-14H,3-11H2,1-2H3/p+1. The van der Waals surface area contributed by atoms with Crippen LogP contribution >= 0.6 is 0 Å². The molecule has 0 aliphatic carbocycles. The lowest BCUT2D eigenvalue weighted by atomic mass is 9.98. The number of nitrogens with one attached hydrogen (secondary N) is 1. The maximum Gasteiger partial charge on any atom is 0.295 e. The van der Waals surface area contributed by atoms with Gasteiger partial charge in [-0.2, -0.15) is 0 Å². The van der Waals surface area contributed by atoms with Crippen molar-refractivity contribution in [3.63, 3.8) is 0 Å². The summed E-state index contributed by atoms with van der Waals surface area (Å²) in [5, 5.41) is 11.4. The number of nitrogens with zero attached hydrogens (tertiary/aromatic N) is 3. The molecule has 2 aliphatic heterocycles. The Balaban J connectivity index is 1.89. The van der Waals surface area contributed by atoms with Gasteiger partial charge in [0.15, 0.2) is 5.82 Å². The topological polar surface area (TPSA) is 54.1 Å². The van der Waals surface area contributed by atoms with E-state index in [1.165, 1.54) is 4.90 Å². The number of quaternary nitrogens is 1. The number of halogens is 1. The number of likely N-dealkylation sites (N-methyl/N-ethyl adjacent to an activating group) is 1. The SMILES string of the molecule is CC[NH+]1CCN(c2cc(N3CCC(C)CC3)c([N+](=O)[O-])cc2F)CC1. The van der Waals surface area contributed by atoms with Gasteiger partial charge < -0.3 is 14.7 Å². The average molecular weight is 351 g/mol. The molecule has 138 valence electrons. The minimum absolute atomic E-state index is 0.117. The lowest BCUT2D eigenvalue weighted by Gasteiger charge is -2.35. The van der Waals surface area contributed by atoms with E-state index < -0.39 is 10.7 Å². The first-order chi connectivity index (χ1) is 12.0. The number of benzene rings is 1. The third-order valence-corrected chi connectivity index (χ3v) is 5.68. The molecule has 0 bridgehead atoms. The van der Waals surface area contributed by atoms with Crippen LogP contribution in [0.15, 0.2) is 12.1 Å². The zero-order valence-electron chi connectivity index (χ0n) is 15.1. The summed E-state index contributed by atoms with van der Waals surface area (Å²) in [6, 6.07) is 2.82. The van der Waals surface area contributed by atoms with Crippen molar-refractivity contribution in [1.29, 1.82) is 0 Å². The fourth-order valence-electron chi connectivity index (χ4n) is 3.85. The maximum atomic E-state index is 14.6. The largest absolute Gasteiger partial charge is 0.366 e. The summed E-state index contributed by atoms with van der Waals surface area (Å²) in [6.07, 6.45) is 2.03. The Morgan fingerprint density at radius 3 is 2.32 bits per heavy atom. The van der Waals surface area contributed by atoms with Gasteiger partial charge in [0.2, 0.25) is 0 Å². The number of hydrogen-bond acceptors (Lipinski definition) is 4. The van der Waals surface area contributed by atoms with Crippen LogP contribution in [0, 0.1) is 21.8 Å². The smallest absolute Gasteiger partial charge is 0.295 e. The molecule has 2 fully saturated rings. The molecule has 0 aromatic heterocycles. The van der Waals surface area contributed by atoms with E-state index in [4.69, 9.17) is 0 Å². The molecule has 3 rings (SSSR count). The lowest BCUT2D eigenvalue weighted by molar-refractivity contribution is -0.898. The number of anilines is 2. The highest BCUT2D eigenvalue weighted by Crippen LogP contribution is 2.36. The molecule has 1 aromatic carbocycles. The normalized spacial score (nSPS) is 20.1. The third kappa shape index (κ3) is 3.86. The predicted octanol–water partition coefficient (Wildman–Crippen LogP) is 1.70. The monoisotopic (exact) mass is 351 g/mol. The fraction of sp³-hybridized carbons (Fsp3) is 0.667. The van der Waals surface area contributed by atoms with Gasteiger partial charge in [0, 0.05) is 13.1 Å². The van der Waals surface area contributed by atoms with Gasteiger partial charge in [0.05, 0.1) is 49.4 Å². The molecule has 0 radical (unpaired) electrons. The third-order valence-electron chi connectivity index (χ3n) is 5.68. The van der Waals surface area contributed by atoms with Crippen molar-refractivity contribution in [1.82, 2.24) is 0 Å². The highest BCUT2D eigenvalue weighted by molar-refractivity contribution is 5.71. The second-order valence-electron chi connectivity index (χ2n) is 7.31. The number of nitro benzene ring substituents is 1. The van der Waals surface area contributed by atoms with Crippen molar-refractivity contribution in [3.8, 4) is 0 Å². The minimum atomic E-state index is -0.485. The van der Waals surface area contributed by atoms with Crippen LogP contribution in [0.3, 0.4) is 0 Å². The molecule has 1 N–H and O–H groups in total. The van der Waals surface area contributed by atoms with Crippen LogP contribution in [0.4, 0.5) is 21.5 Å². The van der Waals surface area contributed by atoms with E-state index in [9.17, 15) is 14.5 Å². The van der Waals surface area contributed by atoms with E-state index in [1.54, 1.807) is 6.07 Å². The summed E-state index contributed by atoms with van der Waals surface area (Å²) in [4.78, 5) is 16.6. The van der Waals surface area contributed by atoms with E-state index in [0.717, 1.165) is 64.7 Å². The summed E-state index contributed by atoms with van der Waals surface area (Å²) >= 11 is 0. The Kier molecular flexibility index (Phi) is 5.42. The van der Waals surface area contributed by atoms with Crippen molar-refractivity contribution >= 4 is 17.1 Å². The van der Waals surface area contributed by atoms with E-state index in [2.05, 4.69) is 18.7 Å². The number of nitro groups is 1. The second kappa shape index (κ2) is 7.56. The van der Waals surface area contributed by atoms with Gasteiger partial charge >= 0.3 is 0 Å². The van der Waals surface area contributed by atoms with E-state index >= 15 is 0 Å². The molecule has 6 nitrogen and oxygen atoms in total. The summed E-state index contributed by atoms with van der Waals surface area (Å²) in [5.74, 6) is 0.154. The molecular formula is C18H28FN4O2+. The predicted molar refractivity (Wildman–Crippen MR) is 97.1 cm³/mol. The molecule has 2 aliphatic rings. The molecule has 25 heavy (non-hydrogen) atoms. The van der Waals surface area contributed by atoms with Crippen molar-refractivity contribution in [2.24, 2.45) is 5.92 Å². The number of rotatable bonds is 4. The molecule has 0 unspecified atom stereocenters. The van der Waals surface area contributed by atoms with Gasteiger partial charge in [-0.25, -0.2) is 4.39 Å². The van der Waals surface area contributed by atoms with Gasteiger partial charge in [-0.15, -0.1) is 0 Å². The van der Waals surface area contributed by atoms with E-state index in [-0.39, 0.29) is 5.69 Å². The molecule has 0 spiro atoms. The maximum absolute atomic E-state index is 14.6. The Hall–Kier alpha value is -1.89. The van der Waals surface area contributed by atoms with Crippen LogP contribution < -0.4 is 14.7 Å². The molecule has 0 atom stereocenters. The Bertz CT molecular complexity index is 624. The second-order valence-corrected chi connectivity index (χ2v) is 7.31. The minimum Gasteiger partial charge on any atom is -0.366 e. The Labute approximate surface area is 148 Å². The Morgan fingerprint density at radius 1 is 1.16 bits per heavy atom. The van der Waals surface area contributed by atoms with Crippen LogP contribution in [0.25, 0.3) is 0 Å². The molecule has 0 amide bonds. The van der Waals surface area contributed by atoms with Gasteiger partial charge in [-0.1, -0.05) is 6.92 Å². The highest BCUT2D eigenvalue weighted by atomic mass is 19.1. The average Bonchev–Trinajstić information content (AvgIpc) is 2.62. The zero-order valence-corrected chi connectivity index (χ0v) is 15.1. The quantitative estimate of drug-likeness (QED) is 0.663. The molecule has 2 heterocycles. The summed E-state index contributed by atoms with van der Waals surface area (Å²) in [5.41, 5.74) is 0.960. The van der Waals surface area contributed by atoms with Gasteiger partial charge in [0.25, 0.3) is 5.69 Å². The molecular weight excluding hydrogens is 323 g/mol. The van der Waals surface area contributed by atoms with Crippen LogP contribution in [-0.2, 0) is 0 Å². The van der Waals surface area contributed by atoms with E-state index in [0.29, 0.717) is 17.3 Å². The van der Waals surface area contributed by atoms with Crippen LogP contribution in [0.1, 0.15) is 26.7 Å². The molecule has 0 saturated carbocycles. The fourth-order valence-corrected chi connectivity index (χ4v) is 3.85. The van der Waals surface area contributed by atoms with E-state index in [1.807, 2.05) is 4.90 Å². The molecule has 2 saturated heterocycles. The Morgan fingerprint density at radius 2 is 1.76 bits per heavy atom. The number of piperidine rings is 1.